The molecule has 18 heavy (non-hydrogen) atoms. The molecule has 0 saturated carbocycles. The van der Waals surface area contributed by atoms with Crippen LogP contribution >= 0.6 is 0 Å². The molecular formula is C15H16N2O. The van der Waals surface area contributed by atoms with Gasteiger partial charge in [0.2, 0.25) is 5.91 Å². The SMILES string of the molecule is N#Cc1ccc(CNC(=O)C[C@H]2C=CCC2)cc1. The van der Waals surface area contributed by atoms with E-state index < -0.39 is 0 Å². The zero-order valence-corrected chi connectivity index (χ0v) is 10.2. The second-order valence-corrected chi connectivity index (χ2v) is 4.56. The highest BCUT2D eigenvalue weighted by Crippen LogP contribution is 2.20. The lowest BCUT2D eigenvalue weighted by Crippen LogP contribution is -2.24. The van der Waals surface area contributed by atoms with E-state index in [1.165, 1.54) is 0 Å². The number of hydrogen-bond acceptors (Lipinski definition) is 2. The van der Waals surface area contributed by atoms with Crippen LogP contribution in [0.4, 0.5) is 0 Å². The Hall–Kier alpha value is -2.08. The van der Waals surface area contributed by atoms with Crippen molar-refractivity contribution in [3.63, 3.8) is 0 Å². The van der Waals surface area contributed by atoms with Gasteiger partial charge in [-0.2, -0.15) is 5.26 Å². The van der Waals surface area contributed by atoms with Crippen LogP contribution in [0.3, 0.4) is 0 Å². The minimum atomic E-state index is 0.0934. The summed E-state index contributed by atoms with van der Waals surface area (Å²) in [6.07, 6.45) is 7.02. The maximum atomic E-state index is 11.7. The molecule has 0 bridgehead atoms. The number of allylic oxidation sites excluding steroid dienone is 2. The van der Waals surface area contributed by atoms with Crippen LogP contribution in [0.15, 0.2) is 36.4 Å². The molecular weight excluding hydrogens is 224 g/mol. The smallest absolute Gasteiger partial charge is 0.220 e. The van der Waals surface area contributed by atoms with Gasteiger partial charge in [-0.15, -0.1) is 0 Å². The first-order valence-corrected chi connectivity index (χ1v) is 6.20. The van der Waals surface area contributed by atoms with Crippen LogP contribution in [-0.4, -0.2) is 5.91 Å². The quantitative estimate of drug-likeness (QED) is 0.822. The van der Waals surface area contributed by atoms with E-state index in [-0.39, 0.29) is 5.91 Å². The number of benzene rings is 1. The zero-order chi connectivity index (χ0) is 12.8. The van der Waals surface area contributed by atoms with Crippen molar-refractivity contribution in [3.8, 4) is 6.07 Å². The van der Waals surface area contributed by atoms with E-state index in [2.05, 4.69) is 23.5 Å². The molecule has 3 heteroatoms. The van der Waals surface area contributed by atoms with Crippen molar-refractivity contribution in [2.75, 3.05) is 0 Å². The van der Waals surface area contributed by atoms with Crippen molar-refractivity contribution in [3.05, 3.63) is 47.5 Å². The van der Waals surface area contributed by atoms with Crippen LogP contribution in [0.1, 0.15) is 30.4 Å². The average molecular weight is 240 g/mol. The fourth-order valence-corrected chi connectivity index (χ4v) is 2.07. The van der Waals surface area contributed by atoms with Crippen molar-refractivity contribution < 1.29 is 4.79 Å². The Labute approximate surface area is 107 Å². The van der Waals surface area contributed by atoms with Crippen LogP contribution in [0.25, 0.3) is 0 Å². The largest absolute Gasteiger partial charge is 0.352 e. The Balaban J connectivity index is 1.78. The Morgan fingerprint density at radius 2 is 2.17 bits per heavy atom. The molecule has 0 aromatic heterocycles. The first-order valence-electron chi connectivity index (χ1n) is 6.20. The lowest BCUT2D eigenvalue weighted by molar-refractivity contribution is -0.121. The maximum Gasteiger partial charge on any atom is 0.220 e. The summed E-state index contributed by atoms with van der Waals surface area (Å²) in [5, 5.41) is 11.6. The molecule has 0 spiro atoms. The van der Waals surface area contributed by atoms with Gasteiger partial charge < -0.3 is 5.32 Å². The molecule has 3 nitrogen and oxygen atoms in total. The van der Waals surface area contributed by atoms with E-state index in [0.717, 1.165) is 18.4 Å². The second-order valence-electron chi connectivity index (χ2n) is 4.56. The first-order chi connectivity index (χ1) is 8.78. The third-order valence-corrected chi connectivity index (χ3v) is 3.13. The van der Waals surface area contributed by atoms with Crippen LogP contribution in [0, 0.1) is 17.2 Å². The van der Waals surface area contributed by atoms with Gasteiger partial charge in [0.25, 0.3) is 0 Å². The third-order valence-electron chi connectivity index (χ3n) is 3.13. The standard InChI is InChI=1S/C15H16N2O/c16-10-13-5-7-14(8-6-13)11-17-15(18)9-12-3-1-2-4-12/h1,3,5-8,12H,2,4,9,11H2,(H,17,18)/t12-/m0/s1. The van der Waals surface area contributed by atoms with Crippen LogP contribution in [0.2, 0.25) is 0 Å². The fraction of sp³-hybridized carbons (Fsp3) is 0.333. The molecule has 0 unspecified atom stereocenters. The van der Waals surface area contributed by atoms with Gasteiger partial charge in [-0.05, 0) is 36.5 Å². The fourth-order valence-electron chi connectivity index (χ4n) is 2.07. The van der Waals surface area contributed by atoms with E-state index in [1.54, 1.807) is 12.1 Å². The monoisotopic (exact) mass is 240 g/mol. The predicted molar refractivity (Wildman–Crippen MR) is 69.5 cm³/mol. The topological polar surface area (TPSA) is 52.9 Å². The number of carbonyl (C=O) groups excluding carboxylic acids is 1. The Morgan fingerprint density at radius 3 is 2.78 bits per heavy atom. The molecule has 0 saturated heterocycles. The number of rotatable bonds is 4. The molecule has 1 aliphatic rings. The third kappa shape index (κ3) is 3.46. The summed E-state index contributed by atoms with van der Waals surface area (Å²) in [7, 11) is 0. The average Bonchev–Trinajstić information content (AvgIpc) is 2.90. The lowest BCUT2D eigenvalue weighted by Gasteiger charge is -2.08. The predicted octanol–water partition coefficient (Wildman–Crippen LogP) is 2.53. The van der Waals surface area contributed by atoms with E-state index in [1.807, 2.05) is 12.1 Å². The Bertz CT molecular complexity index is 482. The van der Waals surface area contributed by atoms with Gasteiger partial charge in [0.05, 0.1) is 11.6 Å². The second kappa shape index (κ2) is 6.02. The van der Waals surface area contributed by atoms with Crippen LogP contribution in [0.5, 0.6) is 0 Å². The number of carbonyl (C=O) groups is 1. The molecule has 1 atom stereocenters. The van der Waals surface area contributed by atoms with Crippen molar-refractivity contribution in [2.45, 2.75) is 25.8 Å². The molecule has 0 fully saturated rings. The summed E-state index contributed by atoms with van der Waals surface area (Å²) in [6, 6.07) is 9.34. The Morgan fingerprint density at radius 1 is 1.39 bits per heavy atom. The van der Waals surface area contributed by atoms with Crippen LogP contribution in [-0.2, 0) is 11.3 Å². The summed E-state index contributed by atoms with van der Waals surface area (Å²) in [5.74, 6) is 0.502. The van der Waals surface area contributed by atoms with Gasteiger partial charge in [0.15, 0.2) is 0 Å². The summed E-state index contributed by atoms with van der Waals surface area (Å²) in [4.78, 5) is 11.7. The van der Waals surface area contributed by atoms with Crippen molar-refractivity contribution in [1.29, 1.82) is 5.26 Å². The normalized spacial score (nSPS) is 17.4. The van der Waals surface area contributed by atoms with E-state index >= 15 is 0 Å². The number of hydrogen-bond donors (Lipinski definition) is 1. The number of nitrogens with zero attached hydrogens (tertiary/aromatic N) is 1. The molecule has 2 rings (SSSR count). The molecule has 0 aliphatic heterocycles. The van der Waals surface area contributed by atoms with Gasteiger partial charge in [0.1, 0.15) is 0 Å². The molecule has 1 aliphatic carbocycles. The molecule has 1 aromatic carbocycles. The molecule has 1 N–H and O–H groups in total. The maximum absolute atomic E-state index is 11.7. The molecule has 1 aromatic rings. The highest BCUT2D eigenvalue weighted by Gasteiger charge is 2.13. The molecule has 92 valence electrons. The van der Waals surface area contributed by atoms with Gasteiger partial charge in [-0.3, -0.25) is 4.79 Å². The molecule has 0 heterocycles. The van der Waals surface area contributed by atoms with Gasteiger partial charge in [-0.1, -0.05) is 24.3 Å². The molecule has 1 amide bonds. The first kappa shape index (κ1) is 12.4. The van der Waals surface area contributed by atoms with E-state index in [9.17, 15) is 4.79 Å². The van der Waals surface area contributed by atoms with Crippen molar-refractivity contribution in [1.82, 2.24) is 5.32 Å². The van der Waals surface area contributed by atoms with E-state index in [0.29, 0.717) is 24.4 Å². The summed E-state index contributed by atoms with van der Waals surface area (Å²) in [6.45, 7) is 0.529. The van der Waals surface area contributed by atoms with Crippen molar-refractivity contribution >= 4 is 5.91 Å². The summed E-state index contributed by atoms with van der Waals surface area (Å²) < 4.78 is 0. The number of nitrogens with one attached hydrogen (secondary N) is 1. The van der Waals surface area contributed by atoms with E-state index in [4.69, 9.17) is 5.26 Å². The van der Waals surface area contributed by atoms with Gasteiger partial charge >= 0.3 is 0 Å². The highest BCUT2D eigenvalue weighted by molar-refractivity contribution is 5.76. The Kier molecular flexibility index (Phi) is 4.14. The lowest BCUT2D eigenvalue weighted by atomic mass is 10.0. The number of nitriles is 1. The van der Waals surface area contributed by atoms with Crippen LogP contribution < -0.4 is 5.32 Å². The number of amides is 1. The summed E-state index contributed by atoms with van der Waals surface area (Å²) in [5.41, 5.74) is 1.66. The zero-order valence-electron chi connectivity index (χ0n) is 10.2. The molecule has 0 radical (unpaired) electrons. The summed E-state index contributed by atoms with van der Waals surface area (Å²) >= 11 is 0. The van der Waals surface area contributed by atoms with Gasteiger partial charge in [0, 0.05) is 13.0 Å². The van der Waals surface area contributed by atoms with Crippen molar-refractivity contribution in [2.24, 2.45) is 5.92 Å². The highest BCUT2D eigenvalue weighted by atomic mass is 16.1. The minimum Gasteiger partial charge on any atom is -0.352 e. The van der Waals surface area contributed by atoms with Gasteiger partial charge in [-0.25, -0.2) is 0 Å². The minimum absolute atomic E-state index is 0.0934.